The number of hydrogen-bond donors (Lipinski definition) is 1. The van der Waals surface area contributed by atoms with Crippen molar-refractivity contribution in [1.82, 2.24) is 5.32 Å². The van der Waals surface area contributed by atoms with Crippen molar-refractivity contribution >= 4 is 0 Å². The van der Waals surface area contributed by atoms with Gasteiger partial charge in [0.25, 0.3) is 0 Å². The van der Waals surface area contributed by atoms with Crippen molar-refractivity contribution in [2.45, 2.75) is 39.2 Å². The SMILES string of the molecule is CNCCCCc1cccc(OC(C)C)c1. The molecule has 2 heteroatoms. The molecule has 1 N–H and O–H groups in total. The normalized spacial score (nSPS) is 10.8. The number of aryl methyl sites for hydroxylation is 1. The van der Waals surface area contributed by atoms with Crippen LogP contribution in [0.5, 0.6) is 5.75 Å². The van der Waals surface area contributed by atoms with Crippen LogP contribution < -0.4 is 10.1 Å². The summed E-state index contributed by atoms with van der Waals surface area (Å²) in [5.41, 5.74) is 1.37. The molecule has 0 radical (unpaired) electrons. The van der Waals surface area contributed by atoms with Gasteiger partial charge in [0.15, 0.2) is 0 Å². The average molecular weight is 221 g/mol. The molecule has 0 aliphatic rings. The summed E-state index contributed by atoms with van der Waals surface area (Å²) in [7, 11) is 2.00. The maximum atomic E-state index is 5.67. The Labute approximate surface area is 99.0 Å². The molecule has 0 bridgehead atoms. The summed E-state index contributed by atoms with van der Waals surface area (Å²) < 4.78 is 5.67. The molecule has 1 aromatic carbocycles. The third-order valence-corrected chi connectivity index (χ3v) is 2.41. The molecular weight excluding hydrogens is 198 g/mol. The van der Waals surface area contributed by atoms with E-state index in [0.29, 0.717) is 0 Å². The van der Waals surface area contributed by atoms with Crippen LogP contribution in [0.3, 0.4) is 0 Å². The minimum absolute atomic E-state index is 0.250. The van der Waals surface area contributed by atoms with Crippen LogP contribution in [0.1, 0.15) is 32.3 Å². The van der Waals surface area contributed by atoms with E-state index < -0.39 is 0 Å². The van der Waals surface area contributed by atoms with Crippen LogP contribution in [0.25, 0.3) is 0 Å². The molecule has 0 atom stereocenters. The summed E-state index contributed by atoms with van der Waals surface area (Å²) in [6.07, 6.45) is 3.84. The third kappa shape index (κ3) is 5.17. The van der Waals surface area contributed by atoms with Crippen molar-refractivity contribution in [3.63, 3.8) is 0 Å². The van der Waals surface area contributed by atoms with Crippen molar-refractivity contribution in [3.05, 3.63) is 29.8 Å². The molecule has 0 aliphatic carbocycles. The first-order valence-electron chi connectivity index (χ1n) is 6.12. The summed E-state index contributed by atoms with van der Waals surface area (Å²) in [5, 5.41) is 3.17. The minimum atomic E-state index is 0.250. The zero-order valence-corrected chi connectivity index (χ0v) is 10.6. The Bertz CT molecular complexity index is 297. The average Bonchev–Trinajstić information content (AvgIpc) is 2.24. The summed E-state index contributed by atoms with van der Waals surface area (Å²) in [4.78, 5) is 0. The lowest BCUT2D eigenvalue weighted by atomic mass is 10.1. The van der Waals surface area contributed by atoms with Crippen LogP contribution in [0.15, 0.2) is 24.3 Å². The van der Waals surface area contributed by atoms with Crippen LogP contribution in [0, 0.1) is 0 Å². The van der Waals surface area contributed by atoms with Crippen molar-refractivity contribution in [1.29, 1.82) is 0 Å². The molecule has 1 rings (SSSR count). The maximum Gasteiger partial charge on any atom is 0.119 e. The number of unbranched alkanes of at least 4 members (excludes halogenated alkanes) is 1. The highest BCUT2D eigenvalue weighted by atomic mass is 16.5. The van der Waals surface area contributed by atoms with E-state index in [9.17, 15) is 0 Å². The van der Waals surface area contributed by atoms with Gasteiger partial charge in [-0.25, -0.2) is 0 Å². The molecule has 0 fully saturated rings. The molecule has 90 valence electrons. The minimum Gasteiger partial charge on any atom is -0.491 e. The molecule has 0 heterocycles. The predicted octanol–water partition coefficient (Wildman–Crippen LogP) is 3.02. The second kappa shape index (κ2) is 7.29. The summed E-state index contributed by atoms with van der Waals surface area (Å²) in [6, 6.07) is 8.42. The second-order valence-corrected chi connectivity index (χ2v) is 4.37. The molecular formula is C14H23NO. The van der Waals surface area contributed by atoms with E-state index in [4.69, 9.17) is 4.74 Å². The monoisotopic (exact) mass is 221 g/mol. The number of benzene rings is 1. The van der Waals surface area contributed by atoms with Gasteiger partial charge in [-0.05, 0) is 64.4 Å². The lowest BCUT2D eigenvalue weighted by molar-refractivity contribution is 0.242. The Balaban J connectivity index is 2.41. The molecule has 0 saturated carbocycles. The van der Waals surface area contributed by atoms with E-state index in [1.54, 1.807) is 0 Å². The van der Waals surface area contributed by atoms with Gasteiger partial charge in [0, 0.05) is 0 Å². The van der Waals surface area contributed by atoms with Gasteiger partial charge < -0.3 is 10.1 Å². The Morgan fingerprint density at radius 1 is 1.25 bits per heavy atom. The molecule has 0 aliphatic heterocycles. The van der Waals surface area contributed by atoms with E-state index in [2.05, 4.69) is 37.4 Å². The molecule has 0 amide bonds. The Kier molecular flexibility index (Phi) is 5.94. The highest BCUT2D eigenvalue weighted by molar-refractivity contribution is 5.28. The smallest absolute Gasteiger partial charge is 0.119 e. The van der Waals surface area contributed by atoms with E-state index in [-0.39, 0.29) is 6.10 Å². The fourth-order valence-corrected chi connectivity index (χ4v) is 1.68. The van der Waals surface area contributed by atoms with E-state index in [1.165, 1.54) is 18.4 Å². The van der Waals surface area contributed by atoms with Crippen molar-refractivity contribution in [3.8, 4) is 5.75 Å². The number of ether oxygens (including phenoxy) is 1. The lowest BCUT2D eigenvalue weighted by Crippen LogP contribution is -2.07. The van der Waals surface area contributed by atoms with Gasteiger partial charge in [0.2, 0.25) is 0 Å². The zero-order valence-electron chi connectivity index (χ0n) is 10.6. The van der Waals surface area contributed by atoms with E-state index in [0.717, 1.165) is 18.7 Å². The molecule has 0 saturated heterocycles. The molecule has 0 aromatic heterocycles. The summed E-state index contributed by atoms with van der Waals surface area (Å²) >= 11 is 0. The van der Waals surface area contributed by atoms with Crippen molar-refractivity contribution in [2.24, 2.45) is 0 Å². The molecule has 0 unspecified atom stereocenters. The van der Waals surface area contributed by atoms with Crippen LogP contribution in [-0.4, -0.2) is 19.7 Å². The van der Waals surface area contributed by atoms with Crippen LogP contribution >= 0.6 is 0 Å². The number of nitrogens with one attached hydrogen (secondary N) is 1. The van der Waals surface area contributed by atoms with Gasteiger partial charge in [-0.3, -0.25) is 0 Å². The molecule has 16 heavy (non-hydrogen) atoms. The van der Waals surface area contributed by atoms with Crippen LogP contribution in [0.2, 0.25) is 0 Å². The summed E-state index contributed by atoms with van der Waals surface area (Å²) in [6.45, 7) is 5.21. The highest BCUT2D eigenvalue weighted by Crippen LogP contribution is 2.16. The van der Waals surface area contributed by atoms with E-state index >= 15 is 0 Å². The maximum absolute atomic E-state index is 5.67. The van der Waals surface area contributed by atoms with Gasteiger partial charge in [-0.1, -0.05) is 12.1 Å². The highest BCUT2D eigenvalue weighted by Gasteiger charge is 1.99. The predicted molar refractivity (Wildman–Crippen MR) is 69.1 cm³/mol. The first-order valence-corrected chi connectivity index (χ1v) is 6.12. The second-order valence-electron chi connectivity index (χ2n) is 4.37. The molecule has 1 aromatic rings. The first kappa shape index (κ1) is 13.0. The Morgan fingerprint density at radius 2 is 2.06 bits per heavy atom. The summed E-state index contributed by atoms with van der Waals surface area (Å²) in [5.74, 6) is 0.987. The fraction of sp³-hybridized carbons (Fsp3) is 0.571. The standard InChI is InChI=1S/C14H23NO/c1-12(2)16-14-9-6-8-13(11-14)7-4-5-10-15-3/h6,8-9,11-12,15H,4-5,7,10H2,1-3H3. The van der Waals surface area contributed by atoms with Crippen molar-refractivity contribution < 1.29 is 4.74 Å². The van der Waals surface area contributed by atoms with Gasteiger partial charge in [0.1, 0.15) is 5.75 Å². The van der Waals surface area contributed by atoms with Gasteiger partial charge in [-0.15, -0.1) is 0 Å². The number of hydrogen-bond acceptors (Lipinski definition) is 2. The third-order valence-electron chi connectivity index (χ3n) is 2.41. The Hall–Kier alpha value is -1.02. The largest absolute Gasteiger partial charge is 0.491 e. The number of rotatable bonds is 7. The quantitative estimate of drug-likeness (QED) is 0.715. The van der Waals surface area contributed by atoms with Gasteiger partial charge in [-0.2, -0.15) is 0 Å². The van der Waals surface area contributed by atoms with Crippen LogP contribution in [-0.2, 0) is 6.42 Å². The Morgan fingerprint density at radius 3 is 2.75 bits per heavy atom. The van der Waals surface area contributed by atoms with Gasteiger partial charge in [0.05, 0.1) is 6.10 Å². The molecule has 2 nitrogen and oxygen atoms in total. The fourth-order valence-electron chi connectivity index (χ4n) is 1.68. The molecule has 0 spiro atoms. The van der Waals surface area contributed by atoms with E-state index in [1.807, 2.05) is 13.1 Å². The van der Waals surface area contributed by atoms with Crippen molar-refractivity contribution in [2.75, 3.05) is 13.6 Å². The zero-order chi connectivity index (χ0) is 11.8. The topological polar surface area (TPSA) is 21.3 Å². The lowest BCUT2D eigenvalue weighted by Gasteiger charge is -2.10. The van der Waals surface area contributed by atoms with Gasteiger partial charge >= 0.3 is 0 Å². The van der Waals surface area contributed by atoms with Crippen LogP contribution in [0.4, 0.5) is 0 Å². The first-order chi connectivity index (χ1) is 7.72.